The van der Waals surface area contributed by atoms with Crippen LogP contribution in [0.2, 0.25) is 0 Å². The normalized spacial score (nSPS) is 24.8. The number of nitrogens with one attached hydrogen (secondary N) is 1. The Balaban J connectivity index is 1.97. The van der Waals surface area contributed by atoms with Crippen molar-refractivity contribution in [3.8, 4) is 0 Å². The fourth-order valence-corrected chi connectivity index (χ4v) is 2.88. The van der Waals surface area contributed by atoms with Crippen molar-refractivity contribution in [2.75, 3.05) is 13.1 Å². The molecule has 106 valence electrons. The fourth-order valence-electron chi connectivity index (χ4n) is 2.88. The van der Waals surface area contributed by atoms with Crippen molar-refractivity contribution in [1.82, 2.24) is 20.4 Å². The molecule has 0 spiro atoms. The van der Waals surface area contributed by atoms with Crippen LogP contribution in [-0.4, -0.2) is 40.3 Å². The third-order valence-electron chi connectivity index (χ3n) is 3.83. The van der Waals surface area contributed by atoms with Crippen LogP contribution in [0.5, 0.6) is 0 Å². The highest BCUT2D eigenvalue weighted by molar-refractivity contribution is 5.00. The number of hydrogen-bond donors (Lipinski definition) is 1. The van der Waals surface area contributed by atoms with Gasteiger partial charge in [-0.1, -0.05) is 20.8 Å². The molecule has 0 saturated carbocycles. The number of nitrogens with zero attached hydrogens (tertiary/aromatic N) is 3. The van der Waals surface area contributed by atoms with Crippen LogP contribution in [0.3, 0.4) is 0 Å². The first-order valence-corrected chi connectivity index (χ1v) is 7.43. The predicted octanol–water partition coefficient (Wildman–Crippen LogP) is 2.08. The summed E-state index contributed by atoms with van der Waals surface area (Å²) < 4.78 is 0. The van der Waals surface area contributed by atoms with Crippen LogP contribution in [0.25, 0.3) is 0 Å². The van der Waals surface area contributed by atoms with Crippen LogP contribution in [0.15, 0.2) is 18.3 Å². The Morgan fingerprint density at radius 1 is 1.47 bits per heavy atom. The molecule has 0 bridgehead atoms. The van der Waals surface area contributed by atoms with Gasteiger partial charge in [-0.15, -0.1) is 0 Å². The van der Waals surface area contributed by atoms with Crippen LogP contribution in [0, 0.1) is 5.92 Å². The molecule has 2 heterocycles. The first-order chi connectivity index (χ1) is 9.19. The summed E-state index contributed by atoms with van der Waals surface area (Å²) in [6, 6.07) is 5.26. The van der Waals surface area contributed by atoms with Crippen molar-refractivity contribution < 1.29 is 0 Å². The van der Waals surface area contributed by atoms with Crippen LogP contribution in [0.4, 0.5) is 0 Å². The van der Waals surface area contributed by atoms with E-state index in [1.807, 2.05) is 6.07 Å². The van der Waals surface area contributed by atoms with E-state index in [1.165, 1.54) is 12.8 Å². The maximum Gasteiger partial charge on any atom is 0.0771 e. The Morgan fingerprint density at radius 2 is 2.32 bits per heavy atom. The van der Waals surface area contributed by atoms with Gasteiger partial charge in [0, 0.05) is 37.9 Å². The maximum absolute atomic E-state index is 4.22. The van der Waals surface area contributed by atoms with E-state index >= 15 is 0 Å². The number of hydrogen-bond acceptors (Lipinski definition) is 4. The largest absolute Gasteiger partial charge is 0.311 e. The van der Waals surface area contributed by atoms with Gasteiger partial charge < -0.3 is 5.32 Å². The van der Waals surface area contributed by atoms with E-state index in [0.717, 1.165) is 31.2 Å². The summed E-state index contributed by atoms with van der Waals surface area (Å²) in [5.74, 6) is 0.744. The summed E-state index contributed by atoms with van der Waals surface area (Å²) in [6.07, 6.45) is 4.16. The van der Waals surface area contributed by atoms with Gasteiger partial charge in [-0.2, -0.15) is 10.2 Å². The molecule has 0 amide bonds. The molecule has 1 saturated heterocycles. The Kier molecular flexibility index (Phi) is 5.28. The highest BCUT2D eigenvalue weighted by Crippen LogP contribution is 2.17. The molecule has 2 unspecified atom stereocenters. The first-order valence-electron chi connectivity index (χ1n) is 7.43. The molecule has 1 aromatic rings. The third-order valence-corrected chi connectivity index (χ3v) is 3.83. The number of aromatic nitrogens is 2. The molecule has 0 radical (unpaired) electrons. The highest BCUT2D eigenvalue weighted by atomic mass is 15.2. The van der Waals surface area contributed by atoms with Crippen molar-refractivity contribution in [3.05, 3.63) is 24.0 Å². The molecule has 1 fully saturated rings. The Bertz CT molecular complexity index is 366. The van der Waals surface area contributed by atoms with E-state index in [2.05, 4.69) is 47.3 Å². The molecule has 1 aromatic heterocycles. The van der Waals surface area contributed by atoms with Gasteiger partial charge in [0.05, 0.1) is 5.69 Å². The monoisotopic (exact) mass is 262 g/mol. The smallest absolute Gasteiger partial charge is 0.0771 e. The third kappa shape index (κ3) is 4.25. The van der Waals surface area contributed by atoms with E-state index < -0.39 is 0 Å². The van der Waals surface area contributed by atoms with Gasteiger partial charge in [-0.25, -0.2) is 0 Å². The molecule has 2 rings (SSSR count). The summed E-state index contributed by atoms with van der Waals surface area (Å²) in [7, 11) is 0. The van der Waals surface area contributed by atoms with Gasteiger partial charge >= 0.3 is 0 Å². The summed E-state index contributed by atoms with van der Waals surface area (Å²) in [5, 5.41) is 11.9. The van der Waals surface area contributed by atoms with E-state index in [1.54, 1.807) is 6.20 Å². The molecule has 1 N–H and O–H groups in total. The molecule has 0 aliphatic carbocycles. The second-order valence-electron chi connectivity index (χ2n) is 5.94. The second kappa shape index (κ2) is 6.96. The average molecular weight is 262 g/mol. The van der Waals surface area contributed by atoms with E-state index in [4.69, 9.17) is 0 Å². The van der Waals surface area contributed by atoms with Crippen LogP contribution < -0.4 is 5.32 Å². The van der Waals surface area contributed by atoms with Crippen molar-refractivity contribution in [2.24, 2.45) is 5.92 Å². The van der Waals surface area contributed by atoms with Crippen LogP contribution in [-0.2, 0) is 6.54 Å². The topological polar surface area (TPSA) is 41.0 Å². The van der Waals surface area contributed by atoms with Crippen LogP contribution in [0.1, 0.15) is 39.3 Å². The second-order valence-corrected chi connectivity index (χ2v) is 5.94. The minimum atomic E-state index is 0.611. The fraction of sp³-hybridized carbons (Fsp3) is 0.733. The summed E-state index contributed by atoms with van der Waals surface area (Å²) in [5.41, 5.74) is 1.08. The molecule has 4 nitrogen and oxygen atoms in total. The zero-order valence-corrected chi connectivity index (χ0v) is 12.3. The van der Waals surface area contributed by atoms with Crippen molar-refractivity contribution in [2.45, 2.75) is 52.2 Å². The van der Waals surface area contributed by atoms with Gasteiger partial charge in [0.25, 0.3) is 0 Å². The maximum atomic E-state index is 4.22. The Morgan fingerprint density at radius 3 is 2.95 bits per heavy atom. The molecule has 0 aromatic carbocycles. The lowest BCUT2D eigenvalue weighted by molar-refractivity contribution is 0.110. The molecule has 2 atom stereocenters. The zero-order chi connectivity index (χ0) is 13.7. The van der Waals surface area contributed by atoms with E-state index in [0.29, 0.717) is 12.1 Å². The molecule has 1 aliphatic heterocycles. The van der Waals surface area contributed by atoms with Crippen molar-refractivity contribution in [3.63, 3.8) is 0 Å². The number of rotatable bonds is 5. The van der Waals surface area contributed by atoms with Crippen molar-refractivity contribution >= 4 is 0 Å². The average Bonchev–Trinajstić information content (AvgIpc) is 2.39. The van der Waals surface area contributed by atoms with E-state index in [9.17, 15) is 0 Å². The minimum absolute atomic E-state index is 0.611. The quantitative estimate of drug-likeness (QED) is 0.882. The first kappa shape index (κ1) is 14.4. The van der Waals surface area contributed by atoms with Gasteiger partial charge in [0.15, 0.2) is 0 Å². The highest BCUT2D eigenvalue weighted by Gasteiger charge is 2.27. The molecular weight excluding hydrogens is 236 g/mol. The SMILES string of the molecule is CCC1CNC(CC(C)C)CN1Cc1cccnn1. The van der Waals surface area contributed by atoms with Gasteiger partial charge in [-0.05, 0) is 30.9 Å². The lowest BCUT2D eigenvalue weighted by Crippen LogP contribution is -2.56. The summed E-state index contributed by atoms with van der Waals surface area (Å²) in [4.78, 5) is 2.56. The molecule has 1 aliphatic rings. The Hall–Kier alpha value is -1.00. The molecule has 19 heavy (non-hydrogen) atoms. The van der Waals surface area contributed by atoms with E-state index in [-0.39, 0.29) is 0 Å². The lowest BCUT2D eigenvalue weighted by Gasteiger charge is -2.40. The number of piperazine rings is 1. The molecular formula is C15H26N4. The Labute approximate surface area is 116 Å². The van der Waals surface area contributed by atoms with Gasteiger partial charge in [0.1, 0.15) is 0 Å². The van der Waals surface area contributed by atoms with Crippen LogP contribution >= 0.6 is 0 Å². The predicted molar refractivity (Wildman–Crippen MR) is 77.8 cm³/mol. The lowest BCUT2D eigenvalue weighted by atomic mass is 9.99. The summed E-state index contributed by atoms with van der Waals surface area (Å²) >= 11 is 0. The minimum Gasteiger partial charge on any atom is -0.311 e. The van der Waals surface area contributed by atoms with Crippen molar-refractivity contribution in [1.29, 1.82) is 0 Å². The zero-order valence-electron chi connectivity index (χ0n) is 12.3. The van der Waals surface area contributed by atoms with Gasteiger partial charge in [0.2, 0.25) is 0 Å². The summed E-state index contributed by atoms with van der Waals surface area (Å²) in [6.45, 7) is 9.98. The molecule has 4 heteroatoms. The van der Waals surface area contributed by atoms with Gasteiger partial charge in [-0.3, -0.25) is 4.90 Å². The standard InChI is InChI=1S/C15H26N4/c1-4-15-9-16-14(8-12(2)3)11-19(15)10-13-6-5-7-17-18-13/h5-7,12,14-16H,4,8-11H2,1-3H3.